The fourth-order valence-corrected chi connectivity index (χ4v) is 3.78. The Morgan fingerprint density at radius 1 is 1.43 bits per heavy atom. The standard InChI is InChI=1S/C16H25N5S.HI/c1-3-17-16(19-11-15-18-10-13(2)22-15)21-9-6-14(12-21)20-7-4-5-8-20;/h4-5,10,14H,3,6-9,11-12H2,1-2H3,(H,17,19);1H. The normalized spacial score (nSPS) is 21.7. The van der Waals surface area contributed by atoms with E-state index in [2.05, 4.69) is 46.1 Å². The quantitative estimate of drug-likeness (QED) is 0.334. The Morgan fingerprint density at radius 2 is 2.22 bits per heavy atom. The molecule has 1 N–H and O–H groups in total. The molecule has 2 aliphatic rings. The summed E-state index contributed by atoms with van der Waals surface area (Å²) < 4.78 is 0. The number of likely N-dealkylation sites (tertiary alicyclic amines) is 1. The van der Waals surface area contributed by atoms with Crippen molar-refractivity contribution in [3.05, 3.63) is 28.2 Å². The van der Waals surface area contributed by atoms with Gasteiger partial charge < -0.3 is 10.2 Å². The third-order valence-electron chi connectivity index (χ3n) is 4.19. The van der Waals surface area contributed by atoms with Crippen LogP contribution in [-0.2, 0) is 6.54 Å². The van der Waals surface area contributed by atoms with Crippen LogP contribution in [0.25, 0.3) is 0 Å². The van der Waals surface area contributed by atoms with Crippen LogP contribution in [0.3, 0.4) is 0 Å². The number of nitrogens with zero attached hydrogens (tertiary/aromatic N) is 4. The van der Waals surface area contributed by atoms with Gasteiger partial charge in [0, 0.05) is 49.8 Å². The van der Waals surface area contributed by atoms with Gasteiger partial charge in [0.25, 0.3) is 0 Å². The number of hydrogen-bond acceptors (Lipinski definition) is 4. The number of rotatable bonds is 4. The molecule has 0 amide bonds. The highest BCUT2D eigenvalue weighted by Gasteiger charge is 2.29. The lowest BCUT2D eigenvalue weighted by atomic mass is 10.2. The van der Waals surface area contributed by atoms with Crippen molar-refractivity contribution in [2.24, 2.45) is 4.99 Å². The third-order valence-corrected chi connectivity index (χ3v) is 5.09. The summed E-state index contributed by atoms with van der Waals surface area (Å²) >= 11 is 1.73. The van der Waals surface area contributed by atoms with Crippen LogP contribution in [0.4, 0.5) is 0 Å². The van der Waals surface area contributed by atoms with Gasteiger partial charge in [0.2, 0.25) is 0 Å². The van der Waals surface area contributed by atoms with E-state index in [-0.39, 0.29) is 24.0 Å². The molecule has 23 heavy (non-hydrogen) atoms. The molecule has 0 saturated carbocycles. The van der Waals surface area contributed by atoms with Gasteiger partial charge in [-0.25, -0.2) is 9.98 Å². The van der Waals surface area contributed by atoms with Crippen molar-refractivity contribution in [1.82, 2.24) is 20.1 Å². The Bertz CT molecular complexity index is 548. The topological polar surface area (TPSA) is 43.8 Å². The molecule has 7 heteroatoms. The van der Waals surface area contributed by atoms with Crippen molar-refractivity contribution < 1.29 is 0 Å². The summed E-state index contributed by atoms with van der Waals surface area (Å²) in [6.07, 6.45) is 7.69. The zero-order valence-electron chi connectivity index (χ0n) is 13.9. The van der Waals surface area contributed by atoms with Crippen molar-refractivity contribution in [2.45, 2.75) is 32.9 Å². The number of aromatic nitrogens is 1. The van der Waals surface area contributed by atoms with Crippen LogP contribution in [0.1, 0.15) is 23.2 Å². The Morgan fingerprint density at radius 3 is 2.87 bits per heavy atom. The molecule has 2 aliphatic heterocycles. The summed E-state index contributed by atoms with van der Waals surface area (Å²) in [6, 6.07) is 0.654. The van der Waals surface area contributed by atoms with Crippen LogP contribution >= 0.6 is 35.3 Å². The van der Waals surface area contributed by atoms with E-state index in [1.807, 2.05) is 6.20 Å². The van der Waals surface area contributed by atoms with Crippen LogP contribution in [0.5, 0.6) is 0 Å². The largest absolute Gasteiger partial charge is 0.357 e. The monoisotopic (exact) mass is 447 g/mol. The fraction of sp³-hybridized carbons (Fsp3) is 0.625. The number of aryl methyl sites for hydroxylation is 1. The summed E-state index contributed by atoms with van der Waals surface area (Å²) in [5, 5.41) is 4.52. The SMILES string of the molecule is CCNC(=NCc1ncc(C)s1)N1CCC(N2CC=CC2)C1.I. The van der Waals surface area contributed by atoms with E-state index in [9.17, 15) is 0 Å². The second-order valence-corrected chi connectivity index (χ2v) is 7.17. The highest BCUT2D eigenvalue weighted by atomic mass is 127. The molecule has 1 aromatic rings. The third kappa shape index (κ3) is 4.90. The Hall–Kier alpha value is -0.670. The van der Waals surface area contributed by atoms with Gasteiger partial charge in [0.05, 0.1) is 6.54 Å². The molecule has 1 saturated heterocycles. The maximum atomic E-state index is 4.79. The van der Waals surface area contributed by atoms with Gasteiger partial charge in [-0.3, -0.25) is 4.90 Å². The minimum Gasteiger partial charge on any atom is -0.357 e. The molecule has 5 nitrogen and oxygen atoms in total. The number of aliphatic imine (C=N–C) groups is 1. The zero-order valence-corrected chi connectivity index (χ0v) is 17.0. The summed E-state index contributed by atoms with van der Waals surface area (Å²) in [5.74, 6) is 1.03. The molecular weight excluding hydrogens is 421 g/mol. The second kappa shape index (κ2) is 8.98. The number of halogens is 1. The summed E-state index contributed by atoms with van der Waals surface area (Å²) in [7, 11) is 0. The average molecular weight is 447 g/mol. The molecule has 1 unspecified atom stereocenters. The fourth-order valence-electron chi connectivity index (χ4n) is 3.07. The van der Waals surface area contributed by atoms with Gasteiger partial charge in [-0.05, 0) is 20.3 Å². The molecule has 3 heterocycles. The molecule has 0 aliphatic carbocycles. The summed E-state index contributed by atoms with van der Waals surface area (Å²) in [6.45, 7) is 10.2. The van der Waals surface area contributed by atoms with Gasteiger partial charge in [0.1, 0.15) is 5.01 Å². The Balaban J connectivity index is 0.00000192. The molecule has 1 atom stereocenters. The summed E-state index contributed by atoms with van der Waals surface area (Å²) in [4.78, 5) is 15.4. The van der Waals surface area contributed by atoms with E-state index < -0.39 is 0 Å². The van der Waals surface area contributed by atoms with Crippen LogP contribution in [0.2, 0.25) is 0 Å². The van der Waals surface area contributed by atoms with Crippen LogP contribution < -0.4 is 5.32 Å². The number of thiazole rings is 1. The highest BCUT2D eigenvalue weighted by Crippen LogP contribution is 2.18. The molecule has 0 spiro atoms. The minimum atomic E-state index is 0. The van der Waals surface area contributed by atoms with Gasteiger partial charge in [0.15, 0.2) is 5.96 Å². The molecule has 128 valence electrons. The van der Waals surface area contributed by atoms with Crippen LogP contribution in [0, 0.1) is 6.92 Å². The minimum absolute atomic E-state index is 0. The van der Waals surface area contributed by atoms with Crippen molar-refractivity contribution >= 4 is 41.3 Å². The Kier molecular flexibility index (Phi) is 7.29. The van der Waals surface area contributed by atoms with E-state index in [1.165, 1.54) is 11.3 Å². The molecule has 1 aromatic heterocycles. The lowest BCUT2D eigenvalue weighted by Gasteiger charge is -2.25. The molecule has 1 fully saturated rings. The van der Waals surface area contributed by atoms with E-state index >= 15 is 0 Å². The zero-order chi connectivity index (χ0) is 15.4. The van der Waals surface area contributed by atoms with E-state index in [0.29, 0.717) is 12.6 Å². The number of nitrogens with one attached hydrogen (secondary N) is 1. The maximum Gasteiger partial charge on any atom is 0.194 e. The average Bonchev–Trinajstić information content (AvgIpc) is 3.24. The van der Waals surface area contributed by atoms with Crippen molar-refractivity contribution in [3.63, 3.8) is 0 Å². The predicted octanol–water partition coefficient (Wildman–Crippen LogP) is 2.48. The molecule has 0 radical (unpaired) electrons. The van der Waals surface area contributed by atoms with Gasteiger partial charge in [-0.2, -0.15) is 0 Å². The summed E-state index contributed by atoms with van der Waals surface area (Å²) in [5.41, 5.74) is 0. The smallest absolute Gasteiger partial charge is 0.194 e. The Labute approximate surface area is 159 Å². The van der Waals surface area contributed by atoms with Crippen LogP contribution in [-0.4, -0.2) is 59.5 Å². The number of hydrogen-bond donors (Lipinski definition) is 1. The molecule has 0 bridgehead atoms. The van der Waals surface area contributed by atoms with Gasteiger partial charge >= 0.3 is 0 Å². The molecule has 0 aromatic carbocycles. The first-order valence-electron chi connectivity index (χ1n) is 8.10. The van der Waals surface area contributed by atoms with Crippen molar-refractivity contribution in [2.75, 3.05) is 32.7 Å². The first-order chi connectivity index (χ1) is 10.8. The van der Waals surface area contributed by atoms with Gasteiger partial charge in [-0.1, -0.05) is 12.2 Å². The molecular formula is C16H26IN5S. The maximum absolute atomic E-state index is 4.79. The van der Waals surface area contributed by atoms with E-state index in [0.717, 1.165) is 43.7 Å². The number of guanidine groups is 1. The second-order valence-electron chi connectivity index (χ2n) is 5.85. The molecule has 3 rings (SSSR count). The van der Waals surface area contributed by atoms with Crippen molar-refractivity contribution in [3.8, 4) is 0 Å². The lowest BCUT2D eigenvalue weighted by Crippen LogP contribution is -2.42. The van der Waals surface area contributed by atoms with E-state index in [1.54, 1.807) is 11.3 Å². The van der Waals surface area contributed by atoms with Crippen LogP contribution in [0.15, 0.2) is 23.3 Å². The first-order valence-corrected chi connectivity index (χ1v) is 8.91. The lowest BCUT2D eigenvalue weighted by molar-refractivity contribution is 0.259. The van der Waals surface area contributed by atoms with Crippen molar-refractivity contribution in [1.29, 1.82) is 0 Å². The predicted molar refractivity (Wildman–Crippen MR) is 108 cm³/mol. The first kappa shape index (κ1) is 18.7. The highest BCUT2D eigenvalue weighted by molar-refractivity contribution is 14.0. The van der Waals surface area contributed by atoms with Gasteiger partial charge in [-0.15, -0.1) is 35.3 Å². The van der Waals surface area contributed by atoms with E-state index in [4.69, 9.17) is 4.99 Å².